The van der Waals surface area contributed by atoms with Crippen molar-refractivity contribution >= 4 is 17.6 Å². The fourth-order valence-electron chi connectivity index (χ4n) is 1.72. The lowest BCUT2D eigenvalue weighted by Crippen LogP contribution is -2.18. The summed E-state index contributed by atoms with van der Waals surface area (Å²) in [4.78, 5) is 22.8. The molecule has 0 unspecified atom stereocenters. The summed E-state index contributed by atoms with van der Waals surface area (Å²) in [5.41, 5.74) is -2.16. The molecule has 0 spiro atoms. The molecule has 23 heavy (non-hydrogen) atoms. The summed E-state index contributed by atoms with van der Waals surface area (Å²) in [6.45, 7) is -0.926. The third kappa shape index (κ3) is 4.71. The zero-order valence-electron chi connectivity index (χ0n) is 12.2. The molecule has 0 aliphatic rings. The number of aliphatic hydroxyl groups excluding tert-OH is 1. The molecule has 0 saturated carbocycles. The predicted octanol–water partition coefficient (Wildman–Crippen LogP) is 1.84. The van der Waals surface area contributed by atoms with Crippen molar-refractivity contribution in [3.63, 3.8) is 0 Å². The highest BCUT2D eigenvalue weighted by molar-refractivity contribution is 5.98. The first-order valence-electron chi connectivity index (χ1n) is 6.19. The Kier molecular flexibility index (Phi) is 6.14. The number of methoxy groups -OCH3 is 2. The van der Waals surface area contributed by atoms with Gasteiger partial charge in [0.1, 0.15) is 5.70 Å². The predicted molar refractivity (Wildman–Crippen MR) is 73.1 cm³/mol. The van der Waals surface area contributed by atoms with E-state index >= 15 is 0 Å². The van der Waals surface area contributed by atoms with E-state index in [1.54, 1.807) is 0 Å². The SMILES string of the molecule is COC(=O)/C=C(/Nc1cccc(C(F)(F)F)c1CO)C(=O)OC. The van der Waals surface area contributed by atoms with Crippen molar-refractivity contribution in [1.29, 1.82) is 0 Å². The van der Waals surface area contributed by atoms with E-state index in [4.69, 9.17) is 0 Å². The van der Waals surface area contributed by atoms with Gasteiger partial charge in [-0.3, -0.25) is 0 Å². The zero-order chi connectivity index (χ0) is 17.6. The van der Waals surface area contributed by atoms with Crippen LogP contribution in [0.5, 0.6) is 0 Å². The molecule has 0 bridgehead atoms. The number of halogens is 3. The monoisotopic (exact) mass is 333 g/mol. The van der Waals surface area contributed by atoms with Gasteiger partial charge in [0.05, 0.1) is 32.5 Å². The van der Waals surface area contributed by atoms with E-state index in [9.17, 15) is 27.9 Å². The molecule has 2 N–H and O–H groups in total. The van der Waals surface area contributed by atoms with Gasteiger partial charge in [-0.2, -0.15) is 13.2 Å². The molecule has 0 aliphatic heterocycles. The number of hydrogen-bond donors (Lipinski definition) is 2. The molecule has 1 rings (SSSR count). The van der Waals surface area contributed by atoms with Crippen LogP contribution in [0.15, 0.2) is 30.0 Å². The van der Waals surface area contributed by atoms with Gasteiger partial charge in [0.2, 0.25) is 0 Å². The van der Waals surface area contributed by atoms with Gasteiger partial charge >= 0.3 is 18.1 Å². The number of hydrogen-bond acceptors (Lipinski definition) is 6. The quantitative estimate of drug-likeness (QED) is 0.632. The van der Waals surface area contributed by atoms with E-state index in [2.05, 4.69) is 14.8 Å². The van der Waals surface area contributed by atoms with E-state index in [1.165, 1.54) is 6.07 Å². The number of carbonyl (C=O) groups excluding carboxylic acids is 2. The Hall–Kier alpha value is -2.55. The highest BCUT2D eigenvalue weighted by atomic mass is 19.4. The lowest BCUT2D eigenvalue weighted by molar-refractivity contribution is -0.138. The number of esters is 2. The number of nitrogens with one attached hydrogen (secondary N) is 1. The van der Waals surface area contributed by atoms with Gasteiger partial charge in [-0.1, -0.05) is 6.07 Å². The number of alkyl halides is 3. The minimum absolute atomic E-state index is 0.192. The number of rotatable bonds is 5. The van der Waals surface area contributed by atoms with Crippen LogP contribution in [0.2, 0.25) is 0 Å². The highest BCUT2D eigenvalue weighted by Crippen LogP contribution is 2.35. The molecule has 0 atom stereocenters. The standard InChI is InChI=1S/C14H14F3NO5/c1-22-12(20)6-11(13(21)23-2)18-10-5-3-4-9(8(10)7-19)14(15,16)17/h3-6,18-19H,7H2,1-2H3/b11-6+. The van der Waals surface area contributed by atoms with Crippen LogP contribution in [0.1, 0.15) is 11.1 Å². The van der Waals surface area contributed by atoms with Crippen LogP contribution in [-0.2, 0) is 31.8 Å². The second-order valence-corrected chi connectivity index (χ2v) is 4.19. The molecule has 0 aliphatic carbocycles. The Labute approximate surface area is 129 Å². The van der Waals surface area contributed by atoms with Crippen LogP contribution in [0.25, 0.3) is 0 Å². The van der Waals surface area contributed by atoms with Crippen molar-refractivity contribution in [2.45, 2.75) is 12.8 Å². The second kappa shape index (κ2) is 7.63. The zero-order valence-corrected chi connectivity index (χ0v) is 12.2. The topological polar surface area (TPSA) is 84.9 Å². The number of aliphatic hydroxyl groups is 1. The smallest absolute Gasteiger partial charge is 0.416 e. The van der Waals surface area contributed by atoms with Gasteiger partial charge in [0.25, 0.3) is 0 Å². The van der Waals surface area contributed by atoms with E-state index in [0.29, 0.717) is 0 Å². The summed E-state index contributed by atoms with van der Waals surface area (Å²) in [6.07, 6.45) is -3.96. The Morgan fingerprint density at radius 3 is 2.39 bits per heavy atom. The van der Waals surface area contributed by atoms with Crippen LogP contribution in [0.3, 0.4) is 0 Å². The van der Waals surface area contributed by atoms with E-state index < -0.39 is 41.5 Å². The molecule has 0 aromatic heterocycles. The maximum absolute atomic E-state index is 12.9. The molecule has 6 nitrogen and oxygen atoms in total. The second-order valence-electron chi connectivity index (χ2n) is 4.19. The first-order chi connectivity index (χ1) is 10.7. The molecule has 0 saturated heterocycles. The third-order valence-corrected chi connectivity index (χ3v) is 2.78. The Morgan fingerprint density at radius 1 is 1.26 bits per heavy atom. The van der Waals surface area contributed by atoms with Gasteiger partial charge in [0.15, 0.2) is 0 Å². The molecule has 0 amide bonds. The summed E-state index contributed by atoms with van der Waals surface area (Å²) >= 11 is 0. The average molecular weight is 333 g/mol. The maximum Gasteiger partial charge on any atom is 0.416 e. The molecular weight excluding hydrogens is 319 g/mol. The Morgan fingerprint density at radius 2 is 1.91 bits per heavy atom. The number of anilines is 1. The van der Waals surface area contributed by atoms with E-state index in [0.717, 1.165) is 32.4 Å². The highest BCUT2D eigenvalue weighted by Gasteiger charge is 2.34. The van der Waals surface area contributed by atoms with Crippen molar-refractivity contribution in [3.05, 3.63) is 41.1 Å². The number of ether oxygens (including phenoxy) is 2. The average Bonchev–Trinajstić information content (AvgIpc) is 2.52. The van der Waals surface area contributed by atoms with Crippen LogP contribution < -0.4 is 5.32 Å². The van der Waals surface area contributed by atoms with Crippen molar-refractivity contribution in [1.82, 2.24) is 0 Å². The van der Waals surface area contributed by atoms with Crippen molar-refractivity contribution < 1.29 is 37.3 Å². The maximum atomic E-state index is 12.9. The minimum Gasteiger partial charge on any atom is -0.466 e. The van der Waals surface area contributed by atoms with E-state index in [-0.39, 0.29) is 5.69 Å². The molecular formula is C14H14F3NO5. The summed E-state index contributed by atoms with van der Waals surface area (Å²) in [7, 11) is 2.10. The molecule has 1 aromatic carbocycles. The molecule has 126 valence electrons. The van der Waals surface area contributed by atoms with Crippen LogP contribution in [0, 0.1) is 0 Å². The van der Waals surface area contributed by atoms with Crippen LogP contribution >= 0.6 is 0 Å². The molecule has 0 radical (unpaired) electrons. The molecule has 9 heteroatoms. The summed E-state index contributed by atoms with van der Waals surface area (Å²) < 4.78 is 47.6. The van der Waals surface area contributed by atoms with Crippen LogP contribution in [-0.4, -0.2) is 31.3 Å². The normalized spacial score (nSPS) is 11.8. The lowest BCUT2D eigenvalue weighted by atomic mass is 10.1. The van der Waals surface area contributed by atoms with Gasteiger partial charge in [0, 0.05) is 11.3 Å². The van der Waals surface area contributed by atoms with Gasteiger partial charge in [-0.15, -0.1) is 0 Å². The number of carbonyl (C=O) groups is 2. The third-order valence-electron chi connectivity index (χ3n) is 2.78. The molecule has 1 aromatic rings. The Bertz CT molecular complexity index is 625. The summed E-state index contributed by atoms with van der Waals surface area (Å²) in [5, 5.41) is 11.6. The van der Waals surface area contributed by atoms with Crippen LogP contribution in [0.4, 0.5) is 18.9 Å². The van der Waals surface area contributed by atoms with Gasteiger partial charge < -0.3 is 19.9 Å². The Balaban J connectivity index is 3.32. The molecule has 0 heterocycles. The van der Waals surface area contributed by atoms with Crippen molar-refractivity contribution in [2.75, 3.05) is 19.5 Å². The van der Waals surface area contributed by atoms with Crippen molar-refractivity contribution in [3.8, 4) is 0 Å². The first-order valence-corrected chi connectivity index (χ1v) is 6.19. The van der Waals surface area contributed by atoms with Gasteiger partial charge in [-0.25, -0.2) is 9.59 Å². The summed E-state index contributed by atoms with van der Waals surface area (Å²) in [6, 6.07) is 3.10. The summed E-state index contributed by atoms with van der Waals surface area (Å²) in [5.74, 6) is -1.90. The first kappa shape index (κ1) is 18.5. The molecule has 0 fully saturated rings. The fourth-order valence-corrected chi connectivity index (χ4v) is 1.72. The lowest BCUT2D eigenvalue weighted by Gasteiger charge is -2.17. The van der Waals surface area contributed by atoms with E-state index in [1.807, 2.05) is 0 Å². The fraction of sp³-hybridized carbons (Fsp3) is 0.286. The minimum atomic E-state index is -4.69. The largest absolute Gasteiger partial charge is 0.466 e. The van der Waals surface area contributed by atoms with Gasteiger partial charge in [-0.05, 0) is 12.1 Å². The van der Waals surface area contributed by atoms with Crippen molar-refractivity contribution in [2.24, 2.45) is 0 Å². The number of benzene rings is 1.